The standard InChI is InChI=1S/C17H28N2/c1-3-11-18-12-13-19(2)14-16-9-6-8-15-7-4-5-10-17(15)16/h4-5,7,10,16,18H,3,6,8-9,11-14H2,1-2H3. The number of rotatable bonds is 7. The molecule has 1 aromatic carbocycles. The van der Waals surface area contributed by atoms with Crippen molar-refractivity contribution in [2.45, 2.75) is 38.5 Å². The summed E-state index contributed by atoms with van der Waals surface area (Å²) in [7, 11) is 2.25. The molecule has 0 saturated carbocycles. The fraction of sp³-hybridized carbons (Fsp3) is 0.647. The van der Waals surface area contributed by atoms with Gasteiger partial charge in [0.2, 0.25) is 0 Å². The molecule has 106 valence electrons. The van der Waals surface area contributed by atoms with Crippen molar-refractivity contribution < 1.29 is 0 Å². The first-order chi connectivity index (χ1) is 9.31. The molecule has 1 aliphatic carbocycles. The van der Waals surface area contributed by atoms with E-state index < -0.39 is 0 Å². The largest absolute Gasteiger partial charge is 0.315 e. The highest BCUT2D eigenvalue weighted by atomic mass is 15.1. The van der Waals surface area contributed by atoms with Gasteiger partial charge in [-0.3, -0.25) is 0 Å². The fourth-order valence-electron chi connectivity index (χ4n) is 3.08. The van der Waals surface area contributed by atoms with Crippen LogP contribution in [0.5, 0.6) is 0 Å². The summed E-state index contributed by atoms with van der Waals surface area (Å²) in [4.78, 5) is 2.48. The maximum atomic E-state index is 3.48. The van der Waals surface area contributed by atoms with Crippen LogP contribution in [-0.4, -0.2) is 38.1 Å². The lowest BCUT2D eigenvalue weighted by Crippen LogP contribution is -2.33. The molecule has 0 bridgehead atoms. The number of hydrogen-bond donors (Lipinski definition) is 1. The van der Waals surface area contributed by atoms with Gasteiger partial charge < -0.3 is 10.2 Å². The maximum Gasteiger partial charge on any atom is 0.0104 e. The SMILES string of the molecule is CCCNCCN(C)CC1CCCc2ccccc21. The molecule has 0 radical (unpaired) electrons. The minimum atomic E-state index is 0.737. The van der Waals surface area contributed by atoms with Gasteiger partial charge in [0, 0.05) is 19.6 Å². The zero-order valence-corrected chi connectivity index (χ0v) is 12.5. The quantitative estimate of drug-likeness (QED) is 0.758. The molecule has 1 atom stereocenters. The monoisotopic (exact) mass is 260 g/mol. The molecule has 2 heteroatoms. The van der Waals surface area contributed by atoms with Crippen molar-refractivity contribution >= 4 is 0 Å². The van der Waals surface area contributed by atoms with Crippen molar-refractivity contribution in [1.29, 1.82) is 0 Å². The van der Waals surface area contributed by atoms with E-state index in [0.29, 0.717) is 0 Å². The molecular weight excluding hydrogens is 232 g/mol. The van der Waals surface area contributed by atoms with Crippen molar-refractivity contribution in [1.82, 2.24) is 10.2 Å². The Kier molecular flexibility index (Phi) is 5.87. The molecule has 0 aliphatic heterocycles. The highest BCUT2D eigenvalue weighted by molar-refractivity contribution is 5.32. The Balaban J connectivity index is 1.83. The predicted octanol–water partition coefficient (Wildman–Crippen LogP) is 3.04. The van der Waals surface area contributed by atoms with Crippen molar-refractivity contribution in [3.05, 3.63) is 35.4 Å². The molecule has 1 aromatic rings. The van der Waals surface area contributed by atoms with Crippen LogP contribution >= 0.6 is 0 Å². The second-order valence-corrected chi connectivity index (χ2v) is 5.80. The lowest BCUT2D eigenvalue weighted by atomic mass is 9.82. The van der Waals surface area contributed by atoms with Crippen LogP contribution in [0.3, 0.4) is 0 Å². The summed E-state index contributed by atoms with van der Waals surface area (Å²) >= 11 is 0. The Morgan fingerprint density at radius 1 is 1.26 bits per heavy atom. The molecule has 1 unspecified atom stereocenters. The Morgan fingerprint density at radius 3 is 2.95 bits per heavy atom. The minimum absolute atomic E-state index is 0.737. The average Bonchev–Trinajstić information content (AvgIpc) is 2.44. The Morgan fingerprint density at radius 2 is 2.11 bits per heavy atom. The molecule has 0 heterocycles. The minimum Gasteiger partial charge on any atom is -0.315 e. The summed E-state index contributed by atoms with van der Waals surface area (Å²) in [5.74, 6) is 0.737. The van der Waals surface area contributed by atoms with Crippen LogP contribution in [0.15, 0.2) is 24.3 Å². The summed E-state index contributed by atoms with van der Waals surface area (Å²) in [5.41, 5.74) is 3.18. The normalized spacial score (nSPS) is 18.6. The molecule has 19 heavy (non-hydrogen) atoms. The third-order valence-corrected chi connectivity index (χ3v) is 4.12. The summed E-state index contributed by atoms with van der Waals surface area (Å²) in [6.45, 7) is 6.82. The van der Waals surface area contributed by atoms with Crippen LogP contribution in [0.1, 0.15) is 43.2 Å². The van der Waals surface area contributed by atoms with Gasteiger partial charge in [0.25, 0.3) is 0 Å². The van der Waals surface area contributed by atoms with Gasteiger partial charge in [-0.1, -0.05) is 31.2 Å². The Labute approximate surface area is 118 Å². The fourth-order valence-corrected chi connectivity index (χ4v) is 3.08. The summed E-state index contributed by atoms with van der Waals surface area (Å²) in [6.07, 6.45) is 5.20. The topological polar surface area (TPSA) is 15.3 Å². The number of nitrogens with zero attached hydrogens (tertiary/aromatic N) is 1. The lowest BCUT2D eigenvalue weighted by Gasteiger charge is -2.29. The van der Waals surface area contributed by atoms with E-state index in [-0.39, 0.29) is 0 Å². The zero-order valence-electron chi connectivity index (χ0n) is 12.5. The molecule has 2 rings (SSSR count). The van der Waals surface area contributed by atoms with Gasteiger partial charge in [-0.25, -0.2) is 0 Å². The van der Waals surface area contributed by atoms with Gasteiger partial charge in [-0.2, -0.15) is 0 Å². The van der Waals surface area contributed by atoms with Crippen molar-refractivity contribution in [3.8, 4) is 0 Å². The van der Waals surface area contributed by atoms with Crippen LogP contribution in [0, 0.1) is 0 Å². The van der Waals surface area contributed by atoms with Crippen LogP contribution in [0.2, 0.25) is 0 Å². The maximum absolute atomic E-state index is 3.48. The Hall–Kier alpha value is -0.860. The van der Waals surface area contributed by atoms with Gasteiger partial charge in [-0.15, -0.1) is 0 Å². The lowest BCUT2D eigenvalue weighted by molar-refractivity contribution is 0.297. The first-order valence-corrected chi connectivity index (χ1v) is 7.78. The number of likely N-dealkylation sites (N-methyl/N-ethyl adjacent to an activating group) is 1. The van der Waals surface area contributed by atoms with Crippen molar-refractivity contribution in [2.75, 3.05) is 33.2 Å². The number of aryl methyl sites for hydroxylation is 1. The molecule has 0 saturated heterocycles. The second-order valence-electron chi connectivity index (χ2n) is 5.80. The number of hydrogen-bond acceptors (Lipinski definition) is 2. The molecule has 0 amide bonds. The van der Waals surface area contributed by atoms with Crippen molar-refractivity contribution in [2.24, 2.45) is 0 Å². The van der Waals surface area contributed by atoms with E-state index in [1.54, 1.807) is 11.1 Å². The van der Waals surface area contributed by atoms with E-state index in [4.69, 9.17) is 0 Å². The van der Waals surface area contributed by atoms with Gasteiger partial charge in [-0.05, 0) is 56.3 Å². The van der Waals surface area contributed by atoms with E-state index >= 15 is 0 Å². The number of benzene rings is 1. The zero-order chi connectivity index (χ0) is 13.5. The Bertz CT molecular complexity index is 375. The summed E-state index contributed by atoms with van der Waals surface area (Å²) < 4.78 is 0. The van der Waals surface area contributed by atoms with Crippen molar-refractivity contribution in [3.63, 3.8) is 0 Å². The summed E-state index contributed by atoms with van der Waals surface area (Å²) in [5, 5.41) is 3.48. The third kappa shape index (κ3) is 4.32. The smallest absolute Gasteiger partial charge is 0.0104 e. The molecule has 2 nitrogen and oxygen atoms in total. The van der Waals surface area contributed by atoms with E-state index in [1.165, 1.54) is 32.2 Å². The highest BCUT2D eigenvalue weighted by Gasteiger charge is 2.20. The molecule has 1 N–H and O–H groups in total. The van der Waals surface area contributed by atoms with E-state index in [2.05, 4.69) is 48.5 Å². The second kappa shape index (κ2) is 7.66. The van der Waals surface area contributed by atoms with E-state index in [1.807, 2.05) is 0 Å². The molecule has 0 spiro atoms. The van der Waals surface area contributed by atoms with E-state index in [0.717, 1.165) is 25.6 Å². The first kappa shape index (κ1) is 14.5. The summed E-state index contributed by atoms with van der Waals surface area (Å²) in [6, 6.07) is 9.02. The third-order valence-electron chi connectivity index (χ3n) is 4.12. The highest BCUT2D eigenvalue weighted by Crippen LogP contribution is 2.31. The van der Waals surface area contributed by atoms with Crippen LogP contribution in [0.4, 0.5) is 0 Å². The van der Waals surface area contributed by atoms with Gasteiger partial charge >= 0.3 is 0 Å². The molecule has 1 aliphatic rings. The van der Waals surface area contributed by atoms with Gasteiger partial charge in [0.1, 0.15) is 0 Å². The molecule has 0 fully saturated rings. The predicted molar refractivity (Wildman–Crippen MR) is 82.8 cm³/mol. The van der Waals surface area contributed by atoms with Gasteiger partial charge in [0.05, 0.1) is 0 Å². The average molecular weight is 260 g/mol. The molecule has 0 aromatic heterocycles. The number of fused-ring (bicyclic) bond motifs is 1. The first-order valence-electron chi connectivity index (χ1n) is 7.78. The van der Waals surface area contributed by atoms with E-state index in [9.17, 15) is 0 Å². The van der Waals surface area contributed by atoms with Gasteiger partial charge in [0.15, 0.2) is 0 Å². The van der Waals surface area contributed by atoms with Crippen LogP contribution in [0.25, 0.3) is 0 Å². The van der Waals surface area contributed by atoms with Crippen LogP contribution < -0.4 is 5.32 Å². The van der Waals surface area contributed by atoms with Crippen LogP contribution in [-0.2, 0) is 6.42 Å². The number of nitrogens with one attached hydrogen (secondary N) is 1. The molecular formula is C17H28N2.